The van der Waals surface area contributed by atoms with Gasteiger partial charge in [0.1, 0.15) is 5.75 Å². The minimum atomic E-state index is -0.0551. The molecule has 0 bridgehead atoms. The first-order valence-electron chi connectivity index (χ1n) is 9.08. The Bertz CT molecular complexity index is 655. The van der Waals surface area contributed by atoms with Crippen molar-refractivity contribution in [1.82, 2.24) is 10.6 Å². The van der Waals surface area contributed by atoms with Gasteiger partial charge in [-0.3, -0.25) is 4.79 Å². The lowest BCUT2D eigenvalue weighted by atomic mass is 10.1. The number of nitrogens with one attached hydrogen (secondary N) is 2. The van der Waals surface area contributed by atoms with Crippen LogP contribution in [0.3, 0.4) is 0 Å². The lowest BCUT2D eigenvalue weighted by Gasteiger charge is -2.11. The number of carbonyl (C=O) groups is 1. The molecule has 1 atom stereocenters. The number of hydrogen-bond acceptors (Lipinski definition) is 3. The third-order valence-electron chi connectivity index (χ3n) is 4.50. The Morgan fingerprint density at radius 2 is 1.80 bits per heavy atom. The van der Waals surface area contributed by atoms with Gasteiger partial charge in [0.25, 0.3) is 0 Å². The van der Waals surface area contributed by atoms with Gasteiger partial charge in [0, 0.05) is 13.1 Å². The quantitative estimate of drug-likeness (QED) is 0.691. The van der Waals surface area contributed by atoms with Gasteiger partial charge < -0.3 is 15.4 Å². The van der Waals surface area contributed by atoms with E-state index in [0.717, 1.165) is 50.1 Å². The molecule has 2 N–H and O–H groups in total. The number of unbranched alkanes of at least 4 members (excludes halogenated alkanes) is 1. The largest absolute Gasteiger partial charge is 0.494 e. The Morgan fingerprint density at radius 1 is 1.00 bits per heavy atom. The number of aryl methyl sites for hydroxylation is 1. The Kier molecular flexibility index (Phi) is 6.46. The third-order valence-corrected chi connectivity index (χ3v) is 4.50. The van der Waals surface area contributed by atoms with Crippen LogP contribution in [-0.2, 0) is 17.8 Å². The third kappa shape index (κ3) is 5.61. The highest BCUT2D eigenvalue weighted by atomic mass is 16.5. The standard InChI is InChI=1S/C21H26N2O2/c24-21-20(13-14-22-21)23-16-18-9-11-19(12-10-18)25-15-5-4-8-17-6-2-1-3-7-17/h1-3,6-7,9-12,20,23H,4-5,8,13-16H2,(H,22,24). The summed E-state index contributed by atoms with van der Waals surface area (Å²) in [5.41, 5.74) is 2.55. The summed E-state index contributed by atoms with van der Waals surface area (Å²) in [6, 6.07) is 18.6. The molecule has 1 unspecified atom stereocenters. The van der Waals surface area contributed by atoms with Crippen molar-refractivity contribution < 1.29 is 9.53 Å². The summed E-state index contributed by atoms with van der Waals surface area (Å²) >= 11 is 0. The molecule has 2 aromatic rings. The normalized spacial score (nSPS) is 16.6. The van der Waals surface area contributed by atoms with Gasteiger partial charge in [0.2, 0.25) is 5.91 Å². The van der Waals surface area contributed by atoms with E-state index in [2.05, 4.69) is 47.0 Å². The van der Waals surface area contributed by atoms with E-state index in [4.69, 9.17) is 4.74 Å². The summed E-state index contributed by atoms with van der Waals surface area (Å²) < 4.78 is 5.81. The van der Waals surface area contributed by atoms with Crippen LogP contribution >= 0.6 is 0 Å². The Hall–Kier alpha value is -2.33. The fourth-order valence-corrected chi connectivity index (χ4v) is 3.00. The number of amides is 1. The second-order valence-electron chi connectivity index (χ2n) is 6.45. The molecule has 1 aliphatic rings. The number of benzene rings is 2. The number of carbonyl (C=O) groups excluding carboxylic acids is 1. The van der Waals surface area contributed by atoms with Crippen molar-refractivity contribution in [2.24, 2.45) is 0 Å². The molecule has 1 amide bonds. The first-order valence-corrected chi connectivity index (χ1v) is 9.08. The molecule has 0 aliphatic carbocycles. The minimum absolute atomic E-state index is 0.0551. The smallest absolute Gasteiger partial charge is 0.237 e. The maximum Gasteiger partial charge on any atom is 0.237 e. The van der Waals surface area contributed by atoms with Crippen LogP contribution in [0, 0.1) is 0 Å². The molecule has 25 heavy (non-hydrogen) atoms. The molecule has 4 nitrogen and oxygen atoms in total. The first kappa shape index (κ1) is 17.5. The zero-order valence-electron chi connectivity index (χ0n) is 14.5. The molecule has 1 aliphatic heterocycles. The molecule has 4 heteroatoms. The lowest BCUT2D eigenvalue weighted by Crippen LogP contribution is -2.35. The number of hydrogen-bond donors (Lipinski definition) is 2. The molecule has 1 saturated heterocycles. The monoisotopic (exact) mass is 338 g/mol. The van der Waals surface area contributed by atoms with Crippen molar-refractivity contribution in [2.45, 2.75) is 38.3 Å². The fourth-order valence-electron chi connectivity index (χ4n) is 3.00. The second-order valence-corrected chi connectivity index (χ2v) is 6.45. The minimum Gasteiger partial charge on any atom is -0.494 e. The van der Waals surface area contributed by atoms with E-state index in [1.54, 1.807) is 0 Å². The van der Waals surface area contributed by atoms with Crippen LogP contribution in [0.4, 0.5) is 0 Å². The Balaban J connectivity index is 1.32. The summed E-state index contributed by atoms with van der Waals surface area (Å²) in [4.78, 5) is 11.5. The van der Waals surface area contributed by atoms with Crippen LogP contribution in [0.25, 0.3) is 0 Å². The van der Waals surface area contributed by atoms with Gasteiger partial charge in [-0.15, -0.1) is 0 Å². The summed E-state index contributed by atoms with van der Waals surface area (Å²) in [6.45, 7) is 2.22. The van der Waals surface area contributed by atoms with Crippen molar-refractivity contribution in [3.8, 4) is 5.75 Å². The van der Waals surface area contributed by atoms with Crippen molar-refractivity contribution in [2.75, 3.05) is 13.2 Å². The van der Waals surface area contributed by atoms with Crippen molar-refractivity contribution >= 4 is 5.91 Å². The molecule has 3 rings (SSSR count). The van der Waals surface area contributed by atoms with Gasteiger partial charge in [-0.05, 0) is 48.9 Å². The highest BCUT2D eigenvalue weighted by Gasteiger charge is 2.22. The molecule has 1 fully saturated rings. The van der Waals surface area contributed by atoms with Crippen LogP contribution in [0.2, 0.25) is 0 Å². The molecule has 0 saturated carbocycles. The average molecular weight is 338 g/mol. The maximum atomic E-state index is 11.5. The average Bonchev–Trinajstić information content (AvgIpc) is 3.06. The van der Waals surface area contributed by atoms with Gasteiger partial charge in [-0.1, -0.05) is 42.5 Å². The van der Waals surface area contributed by atoms with Crippen LogP contribution < -0.4 is 15.4 Å². The topological polar surface area (TPSA) is 50.4 Å². The van der Waals surface area contributed by atoms with E-state index in [9.17, 15) is 4.79 Å². The van der Waals surface area contributed by atoms with Gasteiger partial charge in [0.05, 0.1) is 12.6 Å². The molecule has 1 heterocycles. The van der Waals surface area contributed by atoms with Crippen LogP contribution in [0.5, 0.6) is 5.75 Å². The van der Waals surface area contributed by atoms with E-state index in [1.165, 1.54) is 5.56 Å². The molecule has 0 radical (unpaired) electrons. The van der Waals surface area contributed by atoms with Crippen LogP contribution in [-0.4, -0.2) is 25.1 Å². The first-order chi connectivity index (χ1) is 12.3. The predicted octanol–water partition coefficient (Wildman–Crippen LogP) is 3.07. The van der Waals surface area contributed by atoms with E-state index >= 15 is 0 Å². The summed E-state index contributed by atoms with van der Waals surface area (Å²) in [5.74, 6) is 1.01. The predicted molar refractivity (Wildman–Crippen MR) is 99.6 cm³/mol. The molecule has 0 spiro atoms. The SMILES string of the molecule is O=C1NCCC1NCc1ccc(OCCCCc2ccccc2)cc1. The summed E-state index contributed by atoms with van der Waals surface area (Å²) in [6.07, 6.45) is 4.15. The molecular weight excluding hydrogens is 312 g/mol. The zero-order valence-corrected chi connectivity index (χ0v) is 14.5. The second kappa shape index (κ2) is 9.23. The van der Waals surface area contributed by atoms with E-state index in [0.29, 0.717) is 6.54 Å². The summed E-state index contributed by atoms with van der Waals surface area (Å²) in [7, 11) is 0. The van der Waals surface area contributed by atoms with Gasteiger partial charge in [0.15, 0.2) is 0 Å². The van der Waals surface area contributed by atoms with Gasteiger partial charge in [-0.25, -0.2) is 0 Å². The number of ether oxygens (including phenoxy) is 1. The van der Waals surface area contributed by atoms with Gasteiger partial charge in [-0.2, -0.15) is 0 Å². The lowest BCUT2D eigenvalue weighted by molar-refractivity contribution is -0.120. The molecular formula is C21H26N2O2. The zero-order chi connectivity index (χ0) is 17.3. The highest BCUT2D eigenvalue weighted by Crippen LogP contribution is 2.14. The highest BCUT2D eigenvalue weighted by molar-refractivity contribution is 5.83. The number of rotatable bonds is 9. The van der Waals surface area contributed by atoms with Crippen LogP contribution in [0.1, 0.15) is 30.4 Å². The van der Waals surface area contributed by atoms with Crippen LogP contribution in [0.15, 0.2) is 54.6 Å². The van der Waals surface area contributed by atoms with Crippen molar-refractivity contribution in [1.29, 1.82) is 0 Å². The van der Waals surface area contributed by atoms with E-state index in [1.807, 2.05) is 18.2 Å². The van der Waals surface area contributed by atoms with Crippen molar-refractivity contribution in [3.05, 3.63) is 65.7 Å². The molecule has 132 valence electrons. The van der Waals surface area contributed by atoms with E-state index in [-0.39, 0.29) is 11.9 Å². The van der Waals surface area contributed by atoms with Gasteiger partial charge >= 0.3 is 0 Å². The molecule has 2 aromatic carbocycles. The van der Waals surface area contributed by atoms with Crippen molar-refractivity contribution in [3.63, 3.8) is 0 Å². The Labute approximate surface area is 149 Å². The van der Waals surface area contributed by atoms with E-state index < -0.39 is 0 Å². The maximum absolute atomic E-state index is 11.5. The fraction of sp³-hybridized carbons (Fsp3) is 0.381. The Morgan fingerprint density at radius 3 is 2.52 bits per heavy atom. The summed E-state index contributed by atoms with van der Waals surface area (Å²) in [5, 5.41) is 6.13. The molecule has 0 aromatic heterocycles.